The number of alkyl halides is 1. The smallest absolute Gasteiger partial charge is 0.0300 e. The molecule has 0 saturated carbocycles. The number of rotatable bonds is 2. The monoisotopic (exact) mass is 160 g/mol. The molecule has 0 aliphatic heterocycles. The molecule has 1 atom stereocenters. The minimum atomic E-state index is 0.463. The second-order valence-electron chi connectivity index (χ2n) is 1.30. The Kier molecular flexibility index (Phi) is 4.10. The lowest BCUT2D eigenvalue weighted by Gasteiger charge is -1.85. The minimum absolute atomic E-state index is 0.463. The van der Waals surface area contributed by atoms with Gasteiger partial charge in [0.1, 0.15) is 0 Å². The van der Waals surface area contributed by atoms with Crippen molar-refractivity contribution in [3.05, 3.63) is 24.8 Å². The summed E-state index contributed by atoms with van der Waals surface area (Å²) in [5.74, 6) is 0. The number of allylic oxidation sites excluding steroid dienone is 3. The molecule has 1 heteroatoms. The first kappa shape index (κ1) is 6.96. The van der Waals surface area contributed by atoms with Crippen LogP contribution in [0, 0.1) is 0 Å². The van der Waals surface area contributed by atoms with E-state index in [0.717, 1.165) is 0 Å². The first-order chi connectivity index (χ1) is 3.27. The van der Waals surface area contributed by atoms with Crippen LogP contribution in [0.5, 0.6) is 0 Å². The van der Waals surface area contributed by atoms with Crippen LogP contribution >= 0.6 is 15.9 Å². The fourth-order valence-electron chi connectivity index (χ4n) is 0.232. The van der Waals surface area contributed by atoms with Crippen molar-refractivity contribution < 1.29 is 0 Å². The van der Waals surface area contributed by atoms with Gasteiger partial charge in [-0.2, -0.15) is 0 Å². The summed E-state index contributed by atoms with van der Waals surface area (Å²) in [5.41, 5.74) is 0. The van der Waals surface area contributed by atoms with E-state index in [1.54, 1.807) is 6.08 Å². The summed E-state index contributed by atoms with van der Waals surface area (Å²) >= 11 is 3.34. The normalized spacial score (nSPS) is 14.6. The van der Waals surface area contributed by atoms with Gasteiger partial charge in [0, 0.05) is 4.83 Å². The van der Waals surface area contributed by atoms with Gasteiger partial charge < -0.3 is 0 Å². The van der Waals surface area contributed by atoms with Crippen LogP contribution in [0.3, 0.4) is 0 Å². The average Bonchev–Trinajstić information content (AvgIpc) is 1.61. The van der Waals surface area contributed by atoms with Crippen LogP contribution in [-0.2, 0) is 0 Å². The summed E-state index contributed by atoms with van der Waals surface area (Å²) in [6, 6.07) is 0. The topological polar surface area (TPSA) is 0 Å². The molecule has 0 nitrogen and oxygen atoms in total. The fourth-order valence-corrected chi connectivity index (χ4v) is 0.408. The summed E-state index contributed by atoms with van der Waals surface area (Å²) < 4.78 is 0. The van der Waals surface area contributed by atoms with Crippen molar-refractivity contribution in [1.29, 1.82) is 0 Å². The zero-order chi connectivity index (χ0) is 5.70. The zero-order valence-corrected chi connectivity index (χ0v) is 5.98. The molecule has 0 aliphatic rings. The fraction of sp³-hybridized carbons (Fsp3) is 0.333. The summed E-state index contributed by atoms with van der Waals surface area (Å²) in [7, 11) is 0. The largest absolute Gasteiger partial charge is 0.0991 e. The Morgan fingerprint density at radius 2 is 2.29 bits per heavy atom. The zero-order valence-electron chi connectivity index (χ0n) is 4.39. The summed E-state index contributed by atoms with van der Waals surface area (Å²) in [6.45, 7) is 5.58. The Morgan fingerprint density at radius 3 is 2.43 bits per heavy atom. The van der Waals surface area contributed by atoms with Crippen molar-refractivity contribution >= 4 is 15.9 Å². The maximum atomic E-state index is 3.52. The van der Waals surface area contributed by atoms with E-state index < -0.39 is 0 Å². The van der Waals surface area contributed by atoms with Crippen LogP contribution < -0.4 is 0 Å². The van der Waals surface area contributed by atoms with E-state index in [4.69, 9.17) is 0 Å². The number of halogens is 1. The first-order valence-corrected chi connectivity index (χ1v) is 3.12. The van der Waals surface area contributed by atoms with Gasteiger partial charge in [0.2, 0.25) is 0 Å². The second-order valence-corrected chi connectivity index (χ2v) is 2.74. The van der Waals surface area contributed by atoms with Crippen LogP contribution in [-0.4, -0.2) is 4.83 Å². The van der Waals surface area contributed by atoms with Crippen molar-refractivity contribution in [2.45, 2.75) is 11.8 Å². The highest BCUT2D eigenvalue weighted by atomic mass is 79.9. The summed E-state index contributed by atoms with van der Waals surface area (Å²) in [6.07, 6.45) is 5.70. The van der Waals surface area contributed by atoms with E-state index >= 15 is 0 Å². The molecule has 0 amide bonds. The molecule has 0 aromatic rings. The first-order valence-electron chi connectivity index (χ1n) is 2.20. The molecule has 0 aromatic heterocycles. The Hall–Kier alpha value is -0.0400. The third kappa shape index (κ3) is 5.96. The van der Waals surface area contributed by atoms with E-state index in [9.17, 15) is 0 Å². The van der Waals surface area contributed by atoms with Crippen LogP contribution in [0.1, 0.15) is 6.92 Å². The van der Waals surface area contributed by atoms with Crippen molar-refractivity contribution in [3.63, 3.8) is 0 Å². The van der Waals surface area contributed by atoms with E-state index in [1.165, 1.54) is 0 Å². The highest BCUT2D eigenvalue weighted by Crippen LogP contribution is 1.97. The van der Waals surface area contributed by atoms with E-state index in [0.29, 0.717) is 4.83 Å². The molecule has 0 aliphatic carbocycles. The highest BCUT2D eigenvalue weighted by Gasteiger charge is 1.79. The molecular weight excluding hydrogens is 152 g/mol. The van der Waals surface area contributed by atoms with Crippen LogP contribution in [0.2, 0.25) is 0 Å². The molecule has 0 saturated heterocycles. The van der Waals surface area contributed by atoms with Crippen LogP contribution in [0.25, 0.3) is 0 Å². The predicted octanol–water partition coefficient (Wildman–Crippen LogP) is 2.51. The molecule has 0 rings (SSSR count). The molecule has 0 spiro atoms. The van der Waals surface area contributed by atoms with Gasteiger partial charge in [-0.05, 0) is 6.92 Å². The molecule has 0 radical (unpaired) electrons. The van der Waals surface area contributed by atoms with Gasteiger partial charge in [-0.25, -0.2) is 0 Å². The van der Waals surface area contributed by atoms with E-state index in [-0.39, 0.29) is 0 Å². The molecule has 0 N–H and O–H groups in total. The third-order valence-electron chi connectivity index (χ3n) is 0.512. The molecule has 7 heavy (non-hydrogen) atoms. The molecule has 0 bridgehead atoms. The summed E-state index contributed by atoms with van der Waals surface area (Å²) in [4.78, 5) is 0.463. The Morgan fingerprint density at radius 1 is 1.71 bits per heavy atom. The van der Waals surface area contributed by atoms with E-state index in [2.05, 4.69) is 29.4 Å². The molecule has 40 valence electrons. The number of hydrogen-bond acceptors (Lipinski definition) is 0. The molecule has 0 aromatic carbocycles. The highest BCUT2D eigenvalue weighted by molar-refractivity contribution is 9.09. The van der Waals surface area contributed by atoms with Crippen molar-refractivity contribution in [2.24, 2.45) is 0 Å². The van der Waals surface area contributed by atoms with Gasteiger partial charge in [0.05, 0.1) is 0 Å². The van der Waals surface area contributed by atoms with Gasteiger partial charge in [0.15, 0.2) is 0 Å². The Labute approximate surface area is 53.1 Å². The third-order valence-corrected chi connectivity index (χ3v) is 0.818. The molecular formula is C6H9Br. The minimum Gasteiger partial charge on any atom is -0.0991 e. The maximum Gasteiger partial charge on any atom is 0.0300 e. The van der Waals surface area contributed by atoms with E-state index in [1.807, 2.05) is 12.2 Å². The lowest BCUT2D eigenvalue weighted by atomic mass is 10.4. The van der Waals surface area contributed by atoms with Gasteiger partial charge in [0.25, 0.3) is 0 Å². The van der Waals surface area contributed by atoms with Gasteiger partial charge >= 0.3 is 0 Å². The average molecular weight is 161 g/mol. The quantitative estimate of drug-likeness (QED) is 0.431. The van der Waals surface area contributed by atoms with Crippen molar-refractivity contribution in [2.75, 3.05) is 0 Å². The van der Waals surface area contributed by atoms with Crippen molar-refractivity contribution in [1.82, 2.24) is 0 Å². The van der Waals surface area contributed by atoms with Crippen LogP contribution in [0.15, 0.2) is 24.8 Å². The SMILES string of the molecule is C=CC=CC(C)Br. The Balaban J connectivity index is 3.25. The summed E-state index contributed by atoms with van der Waals surface area (Å²) in [5, 5.41) is 0. The molecule has 0 heterocycles. The Bertz CT molecular complexity index is 72.2. The second kappa shape index (κ2) is 4.13. The van der Waals surface area contributed by atoms with Crippen LogP contribution in [0.4, 0.5) is 0 Å². The lowest BCUT2D eigenvalue weighted by Crippen LogP contribution is -1.76. The van der Waals surface area contributed by atoms with Gasteiger partial charge in [-0.3, -0.25) is 0 Å². The number of hydrogen-bond donors (Lipinski definition) is 0. The van der Waals surface area contributed by atoms with Gasteiger partial charge in [-0.1, -0.05) is 40.7 Å². The predicted molar refractivity (Wildman–Crippen MR) is 37.7 cm³/mol. The molecule has 0 fully saturated rings. The lowest BCUT2D eigenvalue weighted by molar-refractivity contribution is 1.27. The van der Waals surface area contributed by atoms with Gasteiger partial charge in [-0.15, -0.1) is 0 Å². The molecule has 1 unspecified atom stereocenters. The van der Waals surface area contributed by atoms with Crippen molar-refractivity contribution in [3.8, 4) is 0 Å². The maximum absolute atomic E-state index is 3.52. The standard InChI is InChI=1S/C6H9Br/c1-3-4-5-6(2)7/h3-6H,1H2,2H3.